The lowest BCUT2D eigenvalue weighted by Gasteiger charge is -2.41. The molecule has 0 aliphatic carbocycles. The van der Waals surface area contributed by atoms with Crippen LogP contribution in [0.15, 0.2) is 30.3 Å². The fraction of sp³-hybridized carbons (Fsp3) is 0.438. The van der Waals surface area contributed by atoms with Crippen molar-refractivity contribution in [2.75, 3.05) is 0 Å². The molecule has 1 saturated heterocycles. The summed E-state index contributed by atoms with van der Waals surface area (Å²) in [6, 6.07) is 8.97. The van der Waals surface area contributed by atoms with Crippen molar-refractivity contribution in [3.8, 4) is 0 Å². The normalized spacial score (nSPS) is 22.7. The molecule has 2 rings (SSSR count). The molecule has 22 heavy (non-hydrogen) atoms. The Bertz CT molecular complexity index is 545. The number of amides is 1. The summed E-state index contributed by atoms with van der Waals surface area (Å²) in [5.41, 5.74) is 0.898. The van der Waals surface area contributed by atoms with Gasteiger partial charge in [0.1, 0.15) is 12.7 Å². The molecular weight excluding hydrogens is 286 g/mol. The molecule has 0 radical (unpaired) electrons. The van der Waals surface area contributed by atoms with Crippen molar-refractivity contribution in [1.29, 1.82) is 0 Å². The first kappa shape index (κ1) is 16.0. The molecule has 6 nitrogen and oxygen atoms in total. The van der Waals surface area contributed by atoms with E-state index >= 15 is 0 Å². The van der Waals surface area contributed by atoms with Gasteiger partial charge in [0.05, 0.1) is 17.9 Å². The van der Waals surface area contributed by atoms with Gasteiger partial charge >= 0.3 is 5.97 Å². The molecule has 1 aromatic rings. The van der Waals surface area contributed by atoms with E-state index in [1.54, 1.807) is 13.8 Å². The first-order chi connectivity index (χ1) is 10.5. The topological polar surface area (TPSA) is 81.7 Å². The summed E-state index contributed by atoms with van der Waals surface area (Å²) in [7, 11) is 0. The number of β-lactam (4-membered cyclic amide) rings is 1. The van der Waals surface area contributed by atoms with E-state index in [0.29, 0.717) is 6.47 Å². The van der Waals surface area contributed by atoms with E-state index in [4.69, 9.17) is 9.47 Å². The van der Waals surface area contributed by atoms with Crippen molar-refractivity contribution in [1.82, 2.24) is 5.32 Å². The quantitative estimate of drug-likeness (QED) is 0.462. The van der Waals surface area contributed by atoms with Crippen LogP contribution in [0.2, 0.25) is 0 Å². The minimum atomic E-state index is -0.569. The van der Waals surface area contributed by atoms with Gasteiger partial charge in [0.15, 0.2) is 0 Å². The molecular formula is C16H19NO5. The highest BCUT2D eigenvalue weighted by Gasteiger charge is 2.48. The molecule has 1 aromatic carbocycles. The molecule has 1 amide bonds. The largest absolute Gasteiger partial charge is 0.464 e. The van der Waals surface area contributed by atoms with E-state index in [9.17, 15) is 14.4 Å². The number of nitrogens with one attached hydrogen (secondary N) is 1. The van der Waals surface area contributed by atoms with E-state index in [2.05, 4.69) is 5.32 Å². The highest BCUT2D eigenvalue weighted by molar-refractivity contribution is 5.89. The van der Waals surface area contributed by atoms with Gasteiger partial charge in [0.25, 0.3) is 6.47 Å². The zero-order chi connectivity index (χ0) is 16.1. The van der Waals surface area contributed by atoms with Crippen molar-refractivity contribution < 1.29 is 23.9 Å². The summed E-state index contributed by atoms with van der Waals surface area (Å²) < 4.78 is 10.1. The smallest absolute Gasteiger partial charge is 0.311 e. The monoisotopic (exact) mass is 305 g/mol. The Balaban J connectivity index is 1.90. The van der Waals surface area contributed by atoms with Crippen LogP contribution < -0.4 is 5.32 Å². The molecule has 4 atom stereocenters. The summed E-state index contributed by atoms with van der Waals surface area (Å²) in [6.07, 6.45) is -0.569. The number of rotatable bonds is 7. The van der Waals surface area contributed by atoms with Crippen LogP contribution in [-0.2, 0) is 30.5 Å². The summed E-state index contributed by atoms with van der Waals surface area (Å²) in [6.45, 7) is 3.83. The lowest BCUT2D eigenvalue weighted by Crippen LogP contribution is -2.65. The lowest BCUT2D eigenvalue weighted by atomic mass is 9.79. The summed E-state index contributed by atoms with van der Waals surface area (Å²) in [4.78, 5) is 34.1. The molecule has 1 heterocycles. The second-order valence-electron chi connectivity index (χ2n) is 5.38. The van der Waals surface area contributed by atoms with Crippen LogP contribution in [0.1, 0.15) is 19.4 Å². The third kappa shape index (κ3) is 3.44. The van der Waals surface area contributed by atoms with E-state index in [-0.39, 0.29) is 18.6 Å². The van der Waals surface area contributed by atoms with Crippen LogP contribution in [0.3, 0.4) is 0 Å². The zero-order valence-corrected chi connectivity index (χ0v) is 12.5. The number of benzene rings is 1. The number of ether oxygens (including phenoxy) is 2. The van der Waals surface area contributed by atoms with E-state index in [1.165, 1.54) is 0 Å². The van der Waals surface area contributed by atoms with Crippen LogP contribution in [-0.4, -0.2) is 30.5 Å². The van der Waals surface area contributed by atoms with E-state index in [0.717, 1.165) is 5.56 Å². The Hall–Kier alpha value is -2.37. The van der Waals surface area contributed by atoms with E-state index in [1.807, 2.05) is 30.3 Å². The van der Waals surface area contributed by atoms with Crippen LogP contribution in [0.25, 0.3) is 0 Å². The number of carbonyl (C=O) groups excluding carboxylic acids is 3. The van der Waals surface area contributed by atoms with Crippen LogP contribution in [0, 0.1) is 11.8 Å². The van der Waals surface area contributed by atoms with Gasteiger partial charge in [-0.3, -0.25) is 14.4 Å². The molecule has 1 aliphatic rings. The first-order valence-electron chi connectivity index (χ1n) is 7.14. The Kier molecular flexibility index (Phi) is 5.14. The van der Waals surface area contributed by atoms with Gasteiger partial charge in [-0.1, -0.05) is 30.3 Å². The van der Waals surface area contributed by atoms with Crippen molar-refractivity contribution >= 4 is 18.3 Å². The SMILES string of the molecule is C[C@H](OC=O)[C@H]1C(=O)N[C@@H]1[C@@H](C)C(=O)OCc1ccccc1. The molecule has 0 unspecified atom stereocenters. The van der Waals surface area contributed by atoms with Crippen LogP contribution in [0.4, 0.5) is 0 Å². The first-order valence-corrected chi connectivity index (χ1v) is 7.14. The maximum Gasteiger partial charge on any atom is 0.311 e. The minimum Gasteiger partial charge on any atom is -0.464 e. The van der Waals surface area contributed by atoms with Gasteiger partial charge in [-0.05, 0) is 19.4 Å². The third-order valence-corrected chi connectivity index (χ3v) is 3.91. The van der Waals surface area contributed by atoms with Crippen molar-refractivity contribution in [2.45, 2.75) is 32.6 Å². The average molecular weight is 305 g/mol. The standard InChI is InChI=1S/C16H19NO5/c1-10(14-13(15(19)17-14)11(2)22-9-18)16(20)21-8-12-6-4-3-5-7-12/h3-7,9-11,13-14H,8H2,1-2H3,(H,17,19)/t10-,11+,13-,14-/m1/s1. The minimum absolute atomic E-state index is 0.190. The van der Waals surface area contributed by atoms with E-state index < -0.39 is 23.9 Å². The number of hydrogen-bond acceptors (Lipinski definition) is 5. The van der Waals surface area contributed by atoms with Gasteiger partial charge in [0, 0.05) is 0 Å². The van der Waals surface area contributed by atoms with Gasteiger partial charge in [-0.25, -0.2) is 0 Å². The summed E-state index contributed by atoms with van der Waals surface area (Å²) in [5, 5.41) is 2.68. The molecule has 0 saturated carbocycles. The average Bonchev–Trinajstić information content (AvgIpc) is 2.50. The molecule has 1 fully saturated rings. The Morgan fingerprint density at radius 1 is 1.32 bits per heavy atom. The fourth-order valence-electron chi connectivity index (χ4n) is 2.54. The molecule has 0 spiro atoms. The fourth-order valence-corrected chi connectivity index (χ4v) is 2.54. The molecule has 6 heteroatoms. The maximum atomic E-state index is 12.1. The van der Waals surface area contributed by atoms with Gasteiger partial charge in [-0.15, -0.1) is 0 Å². The van der Waals surface area contributed by atoms with Crippen molar-refractivity contribution in [3.05, 3.63) is 35.9 Å². The maximum absolute atomic E-state index is 12.1. The van der Waals surface area contributed by atoms with Gasteiger partial charge < -0.3 is 14.8 Å². The van der Waals surface area contributed by atoms with Crippen molar-refractivity contribution in [2.24, 2.45) is 11.8 Å². The van der Waals surface area contributed by atoms with Crippen LogP contribution >= 0.6 is 0 Å². The predicted molar refractivity (Wildman–Crippen MR) is 77.4 cm³/mol. The summed E-state index contributed by atoms with van der Waals surface area (Å²) >= 11 is 0. The predicted octanol–water partition coefficient (Wildman–Crippen LogP) is 1.04. The highest BCUT2D eigenvalue weighted by atomic mass is 16.5. The molecule has 0 aromatic heterocycles. The summed E-state index contributed by atoms with van der Waals surface area (Å²) in [5.74, 6) is -1.65. The number of esters is 1. The Morgan fingerprint density at radius 3 is 2.59 bits per heavy atom. The molecule has 0 bridgehead atoms. The Morgan fingerprint density at radius 2 is 2.00 bits per heavy atom. The van der Waals surface area contributed by atoms with Gasteiger partial charge in [0.2, 0.25) is 5.91 Å². The highest BCUT2D eigenvalue weighted by Crippen LogP contribution is 2.27. The molecule has 118 valence electrons. The van der Waals surface area contributed by atoms with Gasteiger partial charge in [-0.2, -0.15) is 0 Å². The van der Waals surface area contributed by atoms with Crippen molar-refractivity contribution in [3.63, 3.8) is 0 Å². The third-order valence-electron chi connectivity index (χ3n) is 3.91. The second kappa shape index (κ2) is 7.06. The van der Waals surface area contributed by atoms with Crippen LogP contribution in [0.5, 0.6) is 0 Å². The molecule has 1 N–H and O–H groups in total. The zero-order valence-electron chi connectivity index (χ0n) is 12.5. The number of carbonyl (C=O) groups is 3. The number of hydrogen-bond donors (Lipinski definition) is 1. The Labute approximate surface area is 128 Å². The molecule has 1 aliphatic heterocycles. The lowest BCUT2D eigenvalue weighted by molar-refractivity contribution is -0.159. The second-order valence-corrected chi connectivity index (χ2v) is 5.38.